The van der Waals surface area contributed by atoms with Crippen molar-refractivity contribution in [3.63, 3.8) is 0 Å². The molecular weight excluding hydrogens is 254 g/mol. The molecular formula is C12H11NO2S2. The van der Waals surface area contributed by atoms with Crippen LogP contribution in [0.1, 0.15) is 15.4 Å². The third kappa shape index (κ3) is 3.63. The van der Waals surface area contributed by atoms with Crippen LogP contribution in [-0.4, -0.2) is 16.7 Å². The Morgan fingerprint density at radius 3 is 3.12 bits per heavy atom. The van der Waals surface area contributed by atoms with Gasteiger partial charge in [0.1, 0.15) is 12.9 Å². The van der Waals surface area contributed by atoms with Gasteiger partial charge < -0.3 is 9.52 Å². The first kappa shape index (κ1) is 12.2. The topological polar surface area (TPSA) is 46.3 Å². The molecule has 0 aliphatic rings. The summed E-state index contributed by atoms with van der Waals surface area (Å²) in [6, 6.07) is 4.00. The Balaban J connectivity index is 1.93. The zero-order valence-electron chi connectivity index (χ0n) is 9.27. The molecule has 0 bridgehead atoms. The normalized spacial score (nSPS) is 10.0. The first-order chi connectivity index (χ1) is 8.28. The number of thiophene rings is 1. The molecule has 2 aromatic rings. The third-order valence-electron chi connectivity index (χ3n) is 1.89. The van der Waals surface area contributed by atoms with Crippen LogP contribution >= 0.6 is 23.1 Å². The molecule has 0 aliphatic carbocycles. The number of hydrogen-bond donors (Lipinski definition) is 1. The predicted molar refractivity (Wildman–Crippen MR) is 69.1 cm³/mol. The summed E-state index contributed by atoms with van der Waals surface area (Å²) in [4.78, 5) is 6.41. The molecule has 0 unspecified atom stereocenters. The van der Waals surface area contributed by atoms with Crippen molar-refractivity contribution in [2.75, 3.05) is 6.61 Å². The van der Waals surface area contributed by atoms with Crippen molar-refractivity contribution < 1.29 is 9.52 Å². The van der Waals surface area contributed by atoms with Crippen molar-refractivity contribution in [3.8, 4) is 11.8 Å². The van der Waals surface area contributed by atoms with E-state index in [-0.39, 0.29) is 6.61 Å². The van der Waals surface area contributed by atoms with Gasteiger partial charge in [-0.2, -0.15) is 0 Å². The number of aliphatic hydroxyl groups excluding tert-OH is 1. The highest BCUT2D eigenvalue weighted by Crippen LogP contribution is 2.26. The fourth-order valence-electron chi connectivity index (χ4n) is 1.18. The van der Waals surface area contributed by atoms with Gasteiger partial charge in [0.15, 0.2) is 0 Å². The van der Waals surface area contributed by atoms with Gasteiger partial charge in [0, 0.05) is 10.6 Å². The van der Waals surface area contributed by atoms with Crippen LogP contribution in [0.3, 0.4) is 0 Å². The number of oxazole rings is 1. The van der Waals surface area contributed by atoms with Crippen molar-refractivity contribution in [3.05, 3.63) is 33.8 Å². The molecule has 0 saturated carbocycles. The molecule has 0 amide bonds. The molecule has 0 spiro atoms. The molecule has 88 valence electrons. The molecule has 0 radical (unpaired) electrons. The average molecular weight is 265 g/mol. The minimum atomic E-state index is -0.0996. The van der Waals surface area contributed by atoms with Gasteiger partial charge >= 0.3 is 0 Å². The molecule has 0 fully saturated rings. The van der Waals surface area contributed by atoms with Crippen LogP contribution in [0.2, 0.25) is 0 Å². The van der Waals surface area contributed by atoms with E-state index in [1.807, 2.05) is 19.1 Å². The van der Waals surface area contributed by atoms with Gasteiger partial charge in [-0.15, -0.1) is 11.3 Å². The summed E-state index contributed by atoms with van der Waals surface area (Å²) in [7, 11) is 0. The minimum absolute atomic E-state index is 0.0996. The Morgan fingerprint density at radius 1 is 1.53 bits per heavy atom. The maximum Gasteiger partial charge on any atom is 0.256 e. The summed E-state index contributed by atoms with van der Waals surface area (Å²) in [5.41, 5.74) is 0.896. The largest absolute Gasteiger partial charge is 0.440 e. The van der Waals surface area contributed by atoms with Gasteiger partial charge in [-0.3, -0.25) is 0 Å². The maximum atomic E-state index is 8.59. The monoisotopic (exact) mass is 265 g/mol. The molecule has 5 heteroatoms. The fourth-order valence-corrected chi connectivity index (χ4v) is 2.96. The van der Waals surface area contributed by atoms with Gasteiger partial charge in [-0.05, 0) is 19.1 Å². The molecule has 0 saturated heterocycles. The first-order valence-electron chi connectivity index (χ1n) is 5.01. The fraction of sp³-hybridized carbons (Fsp3) is 0.250. The Morgan fingerprint density at radius 2 is 2.41 bits per heavy atom. The van der Waals surface area contributed by atoms with E-state index in [1.54, 1.807) is 29.4 Å². The van der Waals surface area contributed by atoms with E-state index in [0.717, 1.165) is 16.3 Å². The van der Waals surface area contributed by atoms with Crippen LogP contribution in [0.4, 0.5) is 0 Å². The second-order valence-corrected chi connectivity index (χ2v) is 5.36. The minimum Gasteiger partial charge on any atom is -0.440 e. The van der Waals surface area contributed by atoms with Crippen LogP contribution in [0, 0.1) is 18.8 Å². The van der Waals surface area contributed by atoms with E-state index >= 15 is 0 Å². The number of hydrogen-bond acceptors (Lipinski definition) is 5. The van der Waals surface area contributed by atoms with Gasteiger partial charge in [0.2, 0.25) is 0 Å². The summed E-state index contributed by atoms with van der Waals surface area (Å²) in [6.45, 7) is 1.80. The molecule has 0 atom stereocenters. The summed E-state index contributed by atoms with van der Waals surface area (Å²) in [5, 5.41) is 9.29. The summed E-state index contributed by atoms with van der Waals surface area (Å²) >= 11 is 3.19. The van der Waals surface area contributed by atoms with Gasteiger partial charge in [0.25, 0.3) is 5.22 Å². The highest BCUT2D eigenvalue weighted by atomic mass is 32.2. The molecule has 2 heterocycles. The SMILES string of the molecule is Cc1coc(SCc2ccc(C#CCO)s2)n1. The van der Waals surface area contributed by atoms with E-state index in [0.29, 0.717) is 5.22 Å². The lowest BCUT2D eigenvalue weighted by Gasteiger charge is -1.91. The van der Waals surface area contributed by atoms with Gasteiger partial charge in [-0.25, -0.2) is 4.98 Å². The first-order valence-corrected chi connectivity index (χ1v) is 6.81. The van der Waals surface area contributed by atoms with Crippen LogP contribution in [0.25, 0.3) is 0 Å². The Kier molecular flexibility index (Phi) is 4.26. The van der Waals surface area contributed by atoms with Crippen molar-refractivity contribution in [1.29, 1.82) is 0 Å². The van der Waals surface area contributed by atoms with Gasteiger partial charge in [-0.1, -0.05) is 23.6 Å². The highest BCUT2D eigenvalue weighted by molar-refractivity contribution is 7.98. The van der Waals surface area contributed by atoms with Crippen LogP contribution in [0.15, 0.2) is 28.0 Å². The molecule has 17 heavy (non-hydrogen) atoms. The van der Waals surface area contributed by atoms with Crippen LogP contribution < -0.4 is 0 Å². The number of rotatable bonds is 3. The second-order valence-electron chi connectivity index (χ2n) is 3.27. The molecule has 0 aliphatic heterocycles. The van der Waals surface area contributed by atoms with E-state index in [4.69, 9.17) is 9.52 Å². The number of nitrogens with zero attached hydrogens (tertiary/aromatic N) is 1. The van der Waals surface area contributed by atoms with Gasteiger partial charge in [0.05, 0.1) is 10.6 Å². The van der Waals surface area contributed by atoms with Crippen molar-refractivity contribution in [1.82, 2.24) is 4.98 Å². The number of thioether (sulfide) groups is 1. The second kappa shape index (κ2) is 5.92. The zero-order valence-corrected chi connectivity index (χ0v) is 10.9. The molecule has 2 rings (SSSR count). The van der Waals surface area contributed by atoms with Crippen molar-refractivity contribution in [2.24, 2.45) is 0 Å². The maximum absolute atomic E-state index is 8.59. The lowest BCUT2D eigenvalue weighted by molar-refractivity contribution is 0.350. The quantitative estimate of drug-likeness (QED) is 0.684. The average Bonchev–Trinajstić information content (AvgIpc) is 2.93. The Bertz CT molecular complexity index is 548. The number of aliphatic hydroxyl groups is 1. The lowest BCUT2D eigenvalue weighted by Crippen LogP contribution is -1.75. The van der Waals surface area contributed by atoms with E-state index < -0.39 is 0 Å². The number of aryl methyl sites for hydroxylation is 1. The van der Waals surface area contributed by atoms with E-state index in [2.05, 4.69) is 16.8 Å². The van der Waals surface area contributed by atoms with Crippen LogP contribution in [0.5, 0.6) is 0 Å². The molecule has 3 nitrogen and oxygen atoms in total. The standard InChI is InChI=1S/C12H11NO2S2/c1-9-7-15-12(13-9)16-8-11-5-4-10(17-11)3-2-6-14/h4-5,7,14H,6,8H2,1H3. The highest BCUT2D eigenvalue weighted by Gasteiger charge is 2.04. The molecule has 0 aromatic carbocycles. The van der Waals surface area contributed by atoms with E-state index in [9.17, 15) is 0 Å². The third-order valence-corrected chi connectivity index (χ3v) is 3.96. The summed E-state index contributed by atoms with van der Waals surface area (Å²) in [5.74, 6) is 6.35. The van der Waals surface area contributed by atoms with Crippen molar-refractivity contribution >= 4 is 23.1 Å². The van der Waals surface area contributed by atoms with Crippen LogP contribution in [-0.2, 0) is 5.75 Å². The predicted octanol–water partition coefficient (Wildman–Crippen LogP) is 2.68. The molecule has 1 N–H and O–H groups in total. The Labute approximate surface area is 108 Å². The Hall–Kier alpha value is -1.22. The zero-order chi connectivity index (χ0) is 12.1. The summed E-state index contributed by atoms with van der Waals surface area (Å²) in [6.07, 6.45) is 1.65. The van der Waals surface area contributed by atoms with E-state index in [1.165, 1.54) is 4.88 Å². The smallest absolute Gasteiger partial charge is 0.256 e. The number of aromatic nitrogens is 1. The lowest BCUT2D eigenvalue weighted by atomic mass is 10.4. The van der Waals surface area contributed by atoms with Crippen molar-refractivity contribution in [2.45, 2.75) is 17.9 Å². The summed E-state index contributed by atoms with van der Waals surface area (Å²) < 4.78 is 5.25. The molecule has 2 aromatic heterocycles.